The van der Waals surface area contributed by atoms with Crippen LogP contribution < -0.4 is 15.5 Å². The molecule has 0 saturated heterocycles. The number of nitrogens with zero attached hydrogens (tertiary/aromatic N) is 2. The van der Waals surface area contributed by atoms with Crippen molar-refractivity contribution in [1.29, 1.82) is 0 Å². The molecule has 0 bridgehead atoms. The quantitative estimate of drug-likeness (QED) is 0.568. The van der Waals surface area contributed by atoms with E-state index in [-0.39, 0.29) is 23.5 Å². The largest absolute Gasteiger partial charge is 0.483 e. The third-order valence-electron chi connectivity index (χ3n) is 4.55. The Bertz CT molecular complexity index is 1230. The Morgan fingerprint density at radius 3 is 2.69 bits per heavy atom. The molecule has 29 heavy (non-hydrogen) atoms. The highest BCUT2D eigenvalue weighted by atomic mass is 16.5. The highest BCUT2D eigenvalue weighted by Gasteiger charge is 2.14. The van der Waals surface area contributed by atoms with E-state index < -0.39 is 5.91 Å². The molecule has 2 heterocycles. The summed E-state index contributed by atoms with van der Waals surface area (Å²) in [5, 5.41) is 3.76. The number of aryl methyl sites for hydroxylation is 1. The summed E-state index contributed by atoms with van der Waals surface area (Å²) >= 11 is 0. The van der Waals surface area contributed by atoms with Gasteiger partial charge in [-0.1, -0.05) is 48.5 Å². The van der Waals surface area contributed by atoms with Gasteiger partial charge in [0.25, 0.3) is 5.91 Å². The predicted molar refractivity (Wildman–Crippen MR) is 112 cm³/mol. The Morgan fingerprint density at radius 1 is 1.07 bits per heavy atom. The Labute approximate surface area is 167 Å². The highest BCUT2D eigenvalue weighted by Crippen LogP contribution is 2.21. The molecular formula is C23H19N3O3. The number of hydrogen-bond acceptors (Lipinski definition) is 4. The van der Waals surface area contributed by atoms with Crippen molar-refractivity contribution < 1.29 is 9.53 Å². The van der Waals surface area contributed by atoms with Crippen molar-refractivity contribution in [2.45, 2.75) is 6.61 Å². The minimum Gasteiger partial charge on any atom is -0.483 e. The second kappa shape index (κ2) is 7.98. The summed E-state index contributed by atoms with van der Waals surface area (Å²) in [6.45, 7) is 0.281. The van der Waals surface area contributed by atoms with Crippen LogP contribution in [0.25, 0.3) is 10.9 Å². The fraction of sp³-hybridized carbons (Fsp3) is 0.0870. The van der Waals surface area contributed by atoms with Crippen molar-refractivity contribution >= 4 is 22.5 Å². The van der Waals surface area contributed by atoms with Gasteiger partial charge in [0.2, 0.25) is 5.43 Å². The van der Waals surface area contributed by atoms with Crippen LogP contribution in [0.5, 0.6) is 5.75 Å². The van der Waals surface area contributed by atoms with Gasteiger partial charge in [-0.15, -0.1) is 0 Å². The van der Waals surface area contributed by atoms with Crippen LogP contribution in [0, 0.1) is 0 Å². The maximum absolute atomic E-state index is 12.8. The van der Waals surface area contributed by atoms with E-state index in [1.54, 1.807) is 23.9 Å². The fourth-order valence-electron chi connectivity index (χ4n) is 3.07. The number of benzene rings is 2. The third kappa shape index (κ3) is 4.01. The number of para-hydroxylation sites is 1. The van der Waals surface area contributed by atoms with Gasteiger partial charge in [0.15, 0.2) is 5.75 Å². The van der Waals surface area contributed by atoms with Gasteiger partial charge in [-0.25, -0.2) is 0 Å². The van der Waals surface area contributed by atoms with Crippen molar-refractivity contribution in [2.75, 3.05) is 5.32 Å². The van der Waals surface area contributed by atoms with Gasteiger partial charge < -0.3 is 14.6 Å². The Kier molecular flexibility index (Phi) is 5.07. The van der Waals surface area contributed by atoms with Gasteiger partial charge in [-0.2, -0.15) is 0 Å². The van der Waals surface area contributed by atoms with E-state index in [1.165, 1.54) is 12.3 Å². The number of amides is 1. The van der Waals surface area contributed by atoms with Crippen molar-refractivity contribution in [1.82, 2.24) is 9.55 Å². The summed E-state index contributed by atoms with van der Waals surface area (Å²) < 4.78 is 7.22. The van der Waals surface area contributed by atoms with Crippen LogP contribution >= 0.6 is 0 Å². The van der Waals surface area contributed by atoms with E-state index in [4.69, 9.17) is 4.74 Å². The molecule has 1 N–H and O–H groups in total. The van der Waals surface area contributed by atoms with Crippen LogP contribution in [0.15, 0.2) is 83.9 Å². The van der Waals surface area contributed by atoms with Crippen LogP contribution in [-0.2, 0) is 13.7 Å². The second-order valence-electron chi connectivity index (χ2n) is 6.61. The number of rotatable bonds is 5. The first kappa shape index (κ1) is 18.4. The number of anilines is 1. The Morgan fingerprint density at radius 2 is 1.86 bits per heavy atom. The molecule has 6 heteroatoms. The number of ether oxygens (including phenoxy) is 1. The Hall–Kier alpha value is -3.93. The maximum atomic E-state index is 12.8. The number of pyridine rings is 2. The van der Waals surface area contributed by atoms with Gasteiger partial charge in [-0.05, 0) is 17.7 Å². The standard InChI is InChI=1S/C23H19N3O3/c1-26-14-21(29-15-16-7-3-2-4-8-16)20(27)13-19(26)23(28)25-18-11-5-9-17-10-6-12-24-22(17)18/h2-14H,15H2,1H3,(H,25,28). The van der Waals surface area contributed by atoms with Gasteiger partial charge in [0.1, 0.15) is 12.3 Å². The van der Waals surface area contributed by atoms with E-state index in [1.807, 2.05) is 54.6 Å². The zero-order chi connectivity index (χ0) is 20.2. The first-order valence-electron chi connectivity index (χ1n) is 9.14. The molecule has 4 rings (SSSR count). The molecule has 0 radical (unpaired) electrons. The lowest BCUT2D eigenvalue weighted by atomic mass is 10.2. The molecule has 2 aromatic carbocycles. The minimum atomic E-state index is -0.391. The summed E-state index contributed by atoms with van der Waals surface area (Å²) in [4.78, 5) is 29.6. The number of hydrogen-bond donors (Lipinski definition) is 1. The highest BCUT2D eigenvalue weighted by molar-refractivity contribution is 6.07. The molecule has 0 aliphatic heterocycles. The second-order valence-corrected chi connectivity index (χ2v) is 6.61. The third-order valence-corrected chi connectivity index (χ3v) is 4.55. The lowest BCUT2D eigenvalue weighted by Crippen LogP contribution is -2.21. The Balaban J connectivity index is 1.56. The number of carbonyl (C=O) groups excluding carboxylic acids is 1. The van der Waals surface area contributed by atoms with Gasteiger partial charge in [0, 0.05) is 24.7 Å². The zero-order valence-electron chi connectivity index (χ0n) is 15.8. The average molecular weight is 385 g/mol. The number of aromatic nitrogens is 2. The maximum Gasteiger partial charge on any atom is 0.272 e. The van der Waals surface area contributed by atoms with Crippen molar-refractivity contribution in [2.24, 2.45) is 7.05 Å². The molecule has 0 atom stereocenters. The molecule has 0 saturated carbocycles. The molecule has 0 aliphatic rings. The monoisotopic (exact) mass is 385 g/mol. The normalized spacial score (nSPS) is 10.7. The van der Waals surface area contributed by atoms with Crippen LogP contribution in [0.3, 0.4) is 0 Å². The summed E-state index contributed by atoms with van der Waals surface area (Å²) in [7, 11) is 1.70. The van der Waals surface area contributed by atoms with E-state index >= 15 is 0 Å². The molecule has 0 unspecified atom stereocenters. The molecule has 0 spiro atoms. The number of carbonyl (C=O) groups is 1. The topological polar surface area (TPSA) is 73.2 Å². The molecule has 0 fully saturated rings. The molecular weight excluding hydrogens is 366 g/mol. The molecule has 4 aromatic rings. The first-order valence-corrected chi connectivity index (χ1v) is 9.14. The summed E-state index contributed by atoms with van der Waals surface area (Å²) in [6.07, 6.45) is 3.20. The summed E-state index contributed by atoms with van der Waals surface area (Å²) in [5.74, 6) is -0.197. The van der Waals surface area contributed by atoms with E-state index in [9.17, 15) is 9.59 Å². The molecule has 0 aliphatic carbocycles. The smallest absolute Gasteiger partial charge is 0.272 e. The number of nitrogens with one attached hydrogen (secondary N) is 1. The van der Waals surface area contributed by atoms with E-state index in [2.05, 4.69) is 10.3 Å². The van der Waals surface area contributed by atoms with Gasteiger partial charge in [0.05, 0.1) is 17.4 Å². The molecule has 6 nitrogen and oxygen atoms in total. The lowest BCUT2D eigenvalue weighted by molar-refractivity contribution is 0.101. The van der Waals surface area contributed by atoms with E-state index in [0.717, 1.165) is 10.9 Å². The molecule has 1 amide bonds. The fourth-order valence-corrected chi connectivity index (χ4v) is 3.07. The van der Waals surface area contributed by atoms with Crippen LogP contribution in [0.1, 0.15) is 16.1 Å². The SMILES string of the molecule is Cn1cc(OCc2ccccc2)c(=O)cc1C(=O)Nc1cccc2cccnc12. The first-order chi connectivity index (χ1) is 14.1. The van der Waals surface area contributed by atoms with E-state index in [0.29, 0.717) is 11.2 Å². The lowest BCUT2D eigenvalue weighted by Gasteiger charge is -2.13. The average Bonchev–Trinajstić information content (AvgIpc) is 2.75. The minimum absolute atomic E-state index is 0.194. The molecule has 2 aromatic heterocycles. The van der Waals surface area contributed by atoms with Gasteiger partial charge in [-0.3, -0.25) is 14.6 Å². The zero-order valence-corrected chi connectivity index (χ0v) is 15.8. The predicted octanol–water partition coefficient (Wildman–Crippen LogP) is 3.76. The number of fused-ring (bicyclic) bond motifs is 1. The molecule has 144 valence electrons. The van der Waals surface area contributed by atoms with Crippen LogP contribution in [-0.4, -0.2) is 15.5 Å². The summed E-state index contributed by atoms with van der Waals surface area (Å²) in [6, 6.07) is 20.2. The van der Waals surface area contributed by atoms with Crippen molar-refractivity contribution in [3.63, 3.8) is 0 Å². The summed E-state index contributed by atoms with van der Waals surface area (Å²) in [5.41, 5.74) is 2.12. The van der Waals surface area contributed by atoms with Crippen LogP contribution in [0.4, 0.5) is 5.69 Å². The van der Waals surface area contributed by atoms with Crippen LogP contribution in [0.2, 0.25) is 0 Å². The van der Waals surface area contributed by atoms with Gasteiger partial charge >= 0.3 is 0 Å². The van der Waals surface area contributed by atoms with Crippen molar-refractivity contribution in [3.8, 4) is 5.75 Å². The van der Waals surface area contributed by atoms with Crippen molar-refractivity contribution in [3.05, 3.63) is 101 Å².